The Balaban J connectivity index is 2.20. The SMILES string of the molecule is Cc1ccc(C(=O)N2CCC(C)CC2CN)cc1F. The smallest absolute Gasteiger partial charge is 0.254 e. The number of likely N-dealkylation sites (tertiary alicyclic amines) is 1. The van der Waals surface area contributed by atoms with Gasteiger partial charge in [-0.2, -0.15) is 0 Å². The minimum absolute atomic E-state index is 0.0700. The van der Waals surface area contributed by atoms with Crippen molar-refractivity contribution in [1.29, 1.82) is 0 Å². The molecule has 2 N–H and O–H groups in total. The molecule has 1 aromatic carbocycles. The van der Waals surface area contributed by atoms with Crippen LogP contribution in [0.4, 0.5) is 4.39 Å². The highest BCUT2D eigenvalue weighted by atomic mass is 19.1. The molecule has 0 spiro atoms. The number of aryl methyl sites for hydroxylation is 1. The van der Waals surface area contributed by atoms with E-state index in [9.17, 15) is 9.18 Å². The quantitative estimate of drug-likeness (QED) is 0.891. The molecule has 1 aliphatic rings. The summed E-state index contributed by atoms with van der Waals surface area (Å²) >= 11 is 0. The molecule has 1 fully saturated rings. The maximum atomic E-state index is 13.6. The van der Waals surface area contributed by atoms with Crippen LogP contribution in [-0.4, -0.2) is 29.9 Å². The zero-order chi connectivity index (χ0) is 14.0. The molecule has 4 heteroatoms. The van der Waals surface area contributed by atoms with E-state index < -0.39 is 0 Å². The first-order chi connectivity index (χ1) is 9.02. The van der Waals surface area contributed by atoms with Crippen LogP contribution in [0.3, 0.4) is 0 Å². The zero-order valence-corrected chi connectivity index (χ0v) is 11.5. The van der Waals surface area contributed by atoms with Gasteiger partial charge in [0.2, 0.25) is 0 Å². The van der Waals surface area contributed by atoms with Crippen LogP contribution in [0.5, 0.6) is 0 Å². The van der Waals surface area contributed by atoms with Gasteiger partial charge in [0, 0.05) is 24.7 Å². The van der Waals surface area contributed by atoms with E-state index in [-0.39, 0.29) is 17.8 Å². The number of carbonyl (C=O) groups is 1. The molecular formula is C15H21FN2O. The summed E-state index contributed by atoms with van der Waals surface area (Å²) in [6, 6.07) is 4.72. The standard InChI is InChI=1S/C15H21FN2O/c1-10-5-6-18(13(7-10)9-17)15(19)12-4-3-11(2)14(16)8-12/h3-4,8,10,13H,5-7,9,17H2,1-2H3. The second-order valence-electron chi connectivity index (χ2n) is 5.48. The van der Waals surface area contributed by atoms with Crippen LogP contribution in [0.1, 0.15) is 35.7 Å². The van der Waals surface area contributed by atoms with E-state index in [0.29, 0.717) is 30.1 Å². The zero-order valence-electron chi connectivity index (χ0n) is 11.5. The number of hydrogen-bond acceptors (Lipinski definition) is 2. The highest BCUT2D eigenvalue weighted by Gasteiger charge is 2.29. The predicted molar refractivity (Wildman–Crippen MR) is 73.4 cm³/mol. The summed E-state index contributed by atoms with van der Waals surface area (Å²) in [6.45, 7) is 5.03. The largest absolute Gasteiger partial charge is 0.334 e. The average molecular weight is 264 g/mol. The number of piperidine rings is 1. The van der Waals surface area contributed by atoms with Crippen molar-refractivity contribution in [2.24, 2.45) is 11.7 Å². The Bertz CT molecular complexity index is 475. The summed E-state index contributed by atoms with van der Waals surface area (Å²) in [5, 5.41) is 0. The van der Waals surface area contributed by atoms with Gasteiger partial charge in [-0.1, -0.05) is 13.0 Å². The Hall–Kier alpha value is -1.42. The van der Waals surface area contributed by atoms with E-state index in [0.717, 1.165) is 12.8 Å². The molecule has 1 amide bonds. The van der Waals surface area contributed by atoms with Crippen LogP contribution >= 0.6 is 0 Å². The summed E-state index contributed by atoms with van der Waals surface area (Å²) in [4.78, 5) is 14.2. The van der Waals surface area contributed by atoms with Crippen LogP contribution in [0.25, 0.3) is 0 Å². The molecule has 104 valence electrons. The molecule has 0 radical (unpaired) electrons. The first-order valence-corrected chi connectivity index (χ1v) is 6.80. The van der Waals surface area contributed by atoms with Crippen molar-refractivity contribution in [2.45, 2.75) is 32.7 Å². The third-order valence-electron chi connectivity index (χ3n) is 3.93. The van der Waals surface area contributed by atoms with Gasteiger partial charge in [0.15, 0.2) is 0 Å². The van der Waals surface area contributed by atoms with Crippen molar-refractivity contribution >= 4 is 5.91 Å². The Morgan fingerprint density at radius 2 is 2.26 bits per heavy atom. The van der Waals surface area contributed by atoms with Crippen molar-refractivity contribution in [3.63, 3.8) is 0 Å². The van der Waals surface area contributed by atoms with E-state index in [4.69, 9.17) is 5.73 Å². The van der Waals surface area contributed by atoms with Crippen molar-refractivity contribution in [1.82, 2.24) is 4.90 Å². The van der Waals surface area contributed by atoms with Crippen molar-refractivity contribution in [2.75, 3.05) is 13.1 Å². The summed E-state index contributed by atoms with van der Waals surface area (Å²) < 4.78 is 13.6. The Morgan fingerprint density at radius 1 is 1.53 bits per heavy atom. The predicted octanol–water partition coefficient (Wildman–Crippen LogP) is 2.33. The van der Waals surface area contributed by atoms with Gasteiger partial charge in [-0.05, 0) is 43.4 Å². The number of benzene rings is 1. The number of nitrogens with zero attached hydrogens (tertiary/aromatic N) is 1. The van der Waals surface area contributed by atoms with Crippen LogP contribution in [-0.2, 0) is 0 Å². The molecule has 0 aromatic heterocycles. The third kappa shape index (κ3) is 2.95. The minimum Gasteiger partial charge on any atom is -0.334 e. The average Bonchev–Trinajstić information content (AvgIpc) is 2.41. The second kappa shape index (κ2) is 5.70. The van der Waals surface area contributed by atoms with Gasteiger partial charge in [0.05, 0.1) is 0 Å². The molecule has 2 atom stereocenters. The summed E-state index contributed by atoms with van der Waals surface area (Å²) in [7, 11) is 0. The van der Waals surface area contributed by atoms with Crippen molar-refractivity contribution in [3.8, 4) is 0 Å². The fraction of sp³-hybridized carbons (Fsp3) is 0.533. The Labute approximate surface area is 113 Å². The summed E-state index contributed by atoms with van der Waals surface area (Å²) in [5.41, 5.74) is 6.73. The van der Waals surface area contributed by atoms with E-state index in [1.54, 1.807) is 24.0 Å². The fourth-order valence-corrected chi connectivity index (χ4v) is 2.63. The lowest BCUT2D eigenvalue weighted by molar-refractivity contribution is 0.0573. The van der Waals surface area contributed by atoms with E-state index >= 15 is 0 Å². The second-order valence-corrected chi connectivity index (χ2v) is 5.48. The van der Waals surface area contributed by atoms with Crippen molar-refractivity contribution in [3.05, 3.63) is 35.1 Å². The van der Waals surface area contributed by atoms with Gasteiger partial charge in [-0.3, -0.25) is 4.79 Å². The molecule has 1 saturated heterocycles. The maximum Gasteiger partial charge on any atom is 0.254 e. The number of carbonyl (C=O) groups excluding carboxylic acids is 1. The molecule has 3 nitrogen and oxygen atoms in total. The lowest BCUT2D eigenvalue weighted by atomic mass is 9.92. The van der Waals surface area contributed by atoms with Crippen LogP contribution in [0.2, 0.25) is 0 Å². The maximum absolute atomic E-state index is 13.6. The highest BCUT2D eigenvalue weighted by molar-refractivity contribution is 5.94. The number of rotatable bonds is 2. The van der Waals surface area contributed by atoms with Gasteiger partial charge in [-0.25, -0.2) is 4.39 Å². The van der Waals surface area contributed by atoms with Gasteiger partial charge >= 0.3 is 0 Å². The van der Waals surface area contributed by atoms with E-state index in [2.05, 4.69) is 6.92 Å². The molecule has 1 aromatic rings. The number of nitrogens with two attached hydrogens (primary N) is 1. The first kappa shape index (κ1) is 14.0. The minimum atomic E-state index is -0.333. The van der Waals surface area contributed by atoms with Gasteiger partial charge in [0.25, 0.3) is 5.91 Å². The molecule has 2 rings (SSSR count). The van der Waals surface area contributed by atoms with Crippen LogP contribution in [0.15, 0.2) is 18.2 Å². The molecule has 1 aliphatic heterocycles. The van der Waals surface area contributed by atoms with Crippen LogP contribution in [0, 0.1) is 18.7 Å². The van der Waals surface area contributed by atoms with Gasteiger partial charge in [0.1, 0.15) is 5.82 Å². The normalized spacial score (nSPS) is 23.5. The lowest BCUT2D eigenvalue weighted by Crippen LogP contribution is -2.49. The molecule has 0 bridgehead atoms. The molecule has 0 aliphatic carbocycles. The molecule has 1 heterocycles. The number of halogens is 1. The Kier molecular flexibility index (Phi) is 4.20. The van der Waals surface area contributed by atoms with Gasteiger partial charge in [-0.15, -0.1) is 0 Å². The van der Waals surface area contributed by atoms with Crippen molar-refractivity contribution < 1.29 is 9.18 Å². The summed E-state index contributed by atoms with van der Waals surface area (Å²) in [6.07, 6.45) is 1.91. The third-order valence-corrected chi connectivity index (χ3v) is 3.93. The monoisotopic (exact) mass is 264 g/mol. The lowest BCUT2D eigenvalue weighted by Gasteiger charge is -2.38. The molecule has 0 saturated carbocycles. The highest BCUT2D eigenvalue weighted by Crippen LogP contribution is 2.24. The topological polar surface area (TPSA) is 46.3 Å². The van der Waals surface area contributed by atoms with E-state index in [1.807, 2.05) is 0 Å². The molecule has 19 heavy (non-hydrogen) atoms. The summed E-state index contributed by atoms with van der Waals surface area (Å²) in [5.74, 6) is 0.147. The molecule has 2 unspecified atom stereocenters. The number of amides is 1. The first-order valence-electron chi connectivity index (χ1n) is 6.80. The van der Waals surface area contributed by atoms with Gasteiger partial charge < -0.3 is 10.6 Å². The van der Waals surface area contributed by atoms with E-state index in [1.165, 1.54) is 6.07 Å². The fourth-order valence-electron chi connectivity index (χ4n) is 2.63. The van der Waals surface area contributed by atoms with Crippen LogP contribution < -0.4 is 5.73 Å². The molecular weight excluding hydrogens is 243 g/mol. The Morgan fingerprint density at radius 3 is 2.89 bits per heavy atom. The number of hydrogen-bond donors (Lipinski definition) is 1.